The summed E-state index contributed by atoms with van der Waals surface area (Å²) in [5, 5.41) is 8.90. The smallest absolute Gasteiger partial charge is 0.233 e. The minimum absolute atomic E-state index is 0.120. The minimum Gasteiger partial charge on any atom is -0.396 e. The highest BCUT2D eigenvalue weighted by atomic mass is 79.9. The topological polar surface area (TPSA) is 40.5 Å². The summed E-state index contributed by atoms with van der Waals surface area (Å²) in [6.07, 6.45) is 0.631. The van der Waals surface area contributed by atoms with Gasteiger partial charge in [-0.05, 0) is 51.0 Å². The standard InChI is InChI=1S/C15H22BrNO2S/c1-11(2)17(7-4-8-18)15(19)10-20-14-6-5-13(16)9-12(14)3/h5-6,9,11,18H,4,7-8,10H2,1-3H3. The van der Waals surface area contributed by atoms with E-state index in [1.54, 1.807) is 11.8 Å². The van der Waals surface area contributed by atoms with E-state index in [0.29, 0.717) is 18.7 Å². The maximum Gasteiger partial charge on any atom is 0.233 e. The molecular formula is C15H22BrNO2S. The predicted molar refractivity (Wildman–Crippen MR) is 88.2 cm³/mol. The number of hydrogen-bond donors (Lipinski definition) is 1. The predicted octanol–water partition coefficient (Wildman–Crippen LogP) is 3.47. The van der Waals surface area contributed by atoms with Crippen molar-refractivity contribution in [1.29, 1.82) is 0 Å². The molecule has 0 bridgehead atoms. The molecule has 0 atom stereocenters. The summed E-state index contributed by atoms with van der Waals surface area (Å²) < 4.78 is 1.05. The number of carbonyl (C=O) groups excluding carboxylic acids is 1. The van der Waals surface area contributed by atoms with Crippen LogP contribution in [0.25, 0.3) is 0 Å². The van der Waals surface area contributed by atoms with Gasteiger partial charge in [0.25, 0.3) is 0 Å². The lowest BCUT2D eigenvalue weighted by molar-refractivity contribution is -0.130. The van der Waals surface area contributed by atoms with Crippen LogP contribution in [0.3, 0.4) is 0 Å². The number of amides is 1. The largest absolute Gasteiger partial charge is 0.396 e. The van der Waals surface area contributed by atoms with Crippen LogP contribution in [0.15, 0.2) is 27.6 Å². The van der Waals surface area contributed by atoms with Crippen molar-refractivity contribution in [1.82, 2.24) is 4.90 Å². The lowest BCUT2D eigenvalue weighted by atomic mass is 10.2. The maximum atomic E-state index is 12.3. The second-order valence-electron chi connectivity index (χ2n) is 4.96. The first-order valence-corrected chi connectivity index (χ1v) is 8.53. The number of nitrogens with zero attached hydrogens (tertiary/aromatic N) is 1. The molecule has 112 valence electrons. The second kappa shape index (κ2) is 8.70. The highest BCUT2D eigenvalue weighted by Crippen LogP contribution is 2.25. The van der Waals surface area contributed by atoms with E-state index < -0.39 is 0 Å². The van der Waals surface area contributed by atoms with Gasteiger partial charge >= 0.3 is 0 Å². The zero-order valence-electron chi connectivity index (χ0n) is 12.2. The molecule has 0 aliphatic rings. The number of rotatable bonds is 7. The first kappa shape index (κ1) is 17.5. The molecule has 0 aliphatic carbocycles. The molecule has 1 aromatic carbocycles. The Morgan fingerprint density at radius 1 is 1.45 bits per heavy atom. The molecule has 5 heteroatoms. The number of aryl methyl sites for hydroxylation is 1. The third-order valence-electron chi connectivity index (χ3n) is 2.99. The molecule has 1 N–H and O–H groups in total. The molecule has 0 fully saturated rings. The molecular weight excluding hydrogens is 338 g/mol. The fourth-order valence-corrected chi connectivity index (χ4v) is 3.28. The second-order valence-corrected chi connectivity index (χ2v) is 6.89. The summed E-state index contributed by atoms with van der Waals surface area (Å²) in [7, 11) is 0. The summed E-state index contributed by atoms with van der Waals surface area (Å²) >= 11 is 5.01. The zero-order chi connectivity index (χ0) is 15.1. The van der Waals surface area contributed by atoms with Gasteiger partial charge in [-0.1, -0.05) is 15.9 Å². The summed E-state index contributed by atoms with van der Waals surface area (Å²) in [5.41, 5.74) is 1.17. The monoisotopic (exact) mass is 359 g/mol. The number of aliphatic hydroxyl groups is 1. The van der Waals surface area contributed by atoms with Gasteiger partial charge in [0.15, 0.2) is 0 Å². The van der Waals surface area contributed by atoms with Gasteiger partial charge in [0.2, 0.25) is 5.91 Å². The number of carbonyl (C=O) groups is 1. The van der Waals surface area contributed by atoms with Crippen LogP contribution in [-0.2, 0) is 4.79 Å². The van der Waals surface area contributed by atoms with Crippen LogP contribution >= 0.6 is 27.7 Å². The lowest BCUT2D eigenvalue weighted by Crippen LogP contribution is -2.39. The molecule has 1 aromatic rings. The molecule has 0 heterocycles. The highest BCUT2D eigenvalue weighted by molar-refractivity contribution is 9.10. The molecule has 20 heavy (non-hydrogen) atoms. The van der Waals surface area contributed by atoms with Crippen molar-refractivity contribution in [3.05, 3.63) is 28.2 Å². The fourth-order valence-electron chi connectivity index (χ4n) is 1.91. The summed E-state index contributed by atoms with van der Waals surface area (Å²) in [4.78, 5) is 15.2. The number of aliphatic hydroxyl groups excluding tert-OH is 1. The molecule has 0 aromatic heterocycles. The Labute approximate surface area is 133 Å². The van der Waals surface area contributed by atoms with Gasteiger partial charge in [-0.2, -0.15) is 0 Å². The van der Waals surface area contributed by atoms with Gasteiger partial charge in [0, 0.05) is 28.6 Å². The van der Waals surface area contributed by atoms with E-state index in [2.05, 4.69) is 22.0 Å². The Balaban J connectivity index is 2.60. The molecule has 0 saturated carbocycles. The molecule has 0 saturated heterocycles. The molecule has 0 radical (unpaired) electrons. The van der Waals surface area contributed by atoms with Gasteiger partial charge in [-0.25, -0.2) is 0 Å². The van der Waals surface area contributed by atoms with E-state index in [4.69, 9.17) is 5.11 Å². The number of hydrogen-bond acceptors (Lipinski definition) is 3. The number of benzene rings is 1. The van der Waals surface area contributed by atoms with E-state index >= 15 is 0 Å². The highest BCUT2D eigenvalue weighted by Gasteiger charge is 2.16. The van der Waals surface area contributed by atoms with Gasteiger partial charge in [-0.15, -0.1) is 11.8 Å². The molecule has 1 rings (SSSR count). The van der Waals surface area contributed by atoms with Crippen LogP contribution in [0.4, 0.5) is 0 Å². The van der Waals surface area contributed by atoms with Crippen LogP contribution in [-0.4, -0.2) is 40.9 Å². The molecule has 0 unspecified atom stereocenters. The fraction of sp³-hybridized carbons (Fsp3) is 0.533. The SMILES string of the molecule is Cc1cc(Br)ccc1SCC(=O)N(CCCO)C(C)C. The quantitative estimate of drug-likeness (QED) is 0.757. The van der Waals surface area contributed by atoms with Crippen LogP contribution in [0, 0.1) is 6.92 Å². The summed E-state index contributed by atoms with van der Waals surface area (Å²) in [6, 6.07) is 6.25. The average Bonchev–Trinajstić information content (AvgIpc) is 2.37. The van der Waals surface area contributed by atoms with Crippen molar-refractivity contribution < 1.29 is 9.90 Å². The zero-order valence-corrected chi connectivity index (χ0v) is 14.6. The molecule has 0 aliphatic heterocycles. The lowest BCUT2D eigenvalue weighted by Gasteiger charge is -2.26. The minimum atomic E-state index is 0.120. The van der Waals surface area contributed by atoms with Crippen LogP contribution in [0.5, 0.6) is 0 Å². The maximum absolute atomic E-state index is 12.3. The van der Waals surface area contributed by atoms with Gasteiger partial charge in [-0.3, -0.25) is 4.79 Å². The number of halogens is 1. The van der Waals surface area contributed by atoms with Crippen LogP contribution in [0.2, 0.25) is 0 Å². The van der Waals surface area contributed by atoms with Crippen LogP contribution in [0.1, 0.15) is 25.8 Å². The Hall–Kier alpha value is -0.520. The van der Waals surface area contributed by atoms with Crippen LogP contribution < -0.4 is 0 Å². The average molecular weight is 360 g/mol. The van der Waals surface area contributed by atoms with E-state index in [0.717, 1.165) is 9.37 Å². The first-order valence-electron chi connectivity index (χ1n) is 6.75. The number of thioether (sulfide) groups is 1. The summed E-state index contributed by atoms with van der Waals surface area (Å²) in [6.45, 7) is 6.79. The Morgan fingerprint density at radius 2 is 2.15 bits per heavy atom. The van der Waals surface area contributed by atoms with Crippen molar-refractivity contribution in [3.8, 4) is 0 Å². The van der Waals surface area contributed by atoms with Crippen molar-refractivity contribution in [2.45, 2.75) is 38.1 Å². The van der Waals surface area contributed by atoms with E-state index in [1.807, 2.05) is 37.8 Å². The van der Waals surface area contributed by atoms with E-state index in [9.17, 15) is 4.79 Å². The Morgan fingerprint density at radius 3 is 2.70 bits per heavy atom. The van der Waals surface area contributed by atoms with Crippen molar-refractivity contribution in [3.63, 3.8) is 0 Å². The third-order valence-corrected chi connectivity index (χ3v) is 4.64. The first-order chi connectivity index (χ1) is 9.45. The molecule has 0 spiro atoms. The van der Waals surface area contributed by atoms with Gasteiger partial charge in [0.1, 0.15) is 0 Å². The normalized spacial score (nSPS) is 10.9. The Kier molecular flexibility index (Phi) is 7.62. The van der Waals surface area contributed by atoms with E-state index in [-0.39, 0.29) is 18.6 Å². The van der Waals surface area contributed by atoms with Gasteiger partial charge in [0.05, 0.1) is 5.75 Å². The van der Waals surface area contributed by atoms with Crippen molar-refractivity contribution in [2.75, 3.05) is 18.9 Å². The summed E-state index contributed by atoms with van der Waals surface area (Å²) in [5.74, 6) is 0.562. The third kappa shape index (κ3) is 5.46. The van der Waals surface area contributed by atoms with Crippen molar-refractivity contribution in [2.24, 2.45) is 0 Å². The molecule has 3 nitrogen and oxygen atoms in total. The van der Waals surface area contributed by atoms with E-state index in [1.165, 1.54) is 5.56 Å². The molecule has 1 amide bonds. The van der Waals surface area contributed by atoms with Gasteiger partial charge < -0.3 is 10.0 Å². The Bertz CT molecular complexity index is 451. The van der Waals surface area contributed by atoms with Crippen molar-refractivity contribution >= 4 is 33.6 Å².